The van der Waals surface area contributed by atoms with Crippen molar-refractivity contribution in [2.45, 2.75) is 24.2 Å². The molecule has 0 aliphatic carbocycles. The number of carbonyl (C=O) groups excluding carboxylic acids is 2. The summed E-state index contributed by atoms with van der Waals surface area (Å²) in [6.07, 6.45) is -2.94. The van der Waals surface area contributed by atoms with Gasteiger partial charge in [0.1, 0.15) is 29.3 Å². The lowest BCUT2D eigenvalue weighted by molar-refractivity contribution is -0.142. The van der Waals surface area contributed by atoms with Crippen LogP contribution < -0.4 is 16.4 Å². The molecule has 0 bridgehead atoms. The van der Waals surface area contributed by atoms with E-state index in [0.29, 0.717) is 0 Å². The van der Waals surface area contributed by atoms with Crippen LogP contribution in [0.15, 0.2) is 29.3 Å². The fourth-order valence-electron chi connectivity index (χ4n) is 2.36. The van der Waals surface area contributed by atoms with Crippen molar-refractivity contribution in [3.63, 3.8) is 0 Å². The summed E-state index contributed by atoms with van der Waals surface area (Å²) in [5.74, 6) is -1.77. The highest BCUT2D eigenvalue weighted by Crippen LogP contribution is 2.31. The van der Waals surface area contributed by atoms with Crippen LogP contribution in [0.3, 0.4) is 0 Å². The molecule has 0 saturated heterocycles. The van der Waals surface area contributed by atoms with Gasteiger partial charge in [0, 0.05) is 12.6 Å². The van der Waals surface area contributed by atoms with E-state index < -0.39 is 36.3 Å². The first-order valence-electron chi connectivity index (χ1n) is 8.54. The monoisotopic (exact) mass is 454 g/mol. The first kappa shape index (κ1) is 23.7. The van der Waals surface area contributed by atoms with E-state index in [9.17, 15) is 28.0 Å². The number of nitrogens with zero attached hydrogens (tertiary/aromatic N) is 3. The van der Waals surface area contributed by atoms with Crippen LogP contribution >= 0.6 is 11.8 Å². The number of alkyl halides is 3. The average Bonchev–Trinajstić information content (AvgIpc) is 2.69. The number of halogens is 3. The molecule has 0 fully saturated rings. The van der Waals surface area contributed by atoms with E-state index in [1.807, 2.05) is 6.07 Å². The molecule has 164 valence electrons. The predicted molar refractivity (Wildman–Crippen MR) is 107 cm³/mol. The highest BCUT2D eigenvalue weighted by Gasteiger charge is 2.31. The molecule has 1 aromatic heterocycles. The summed E-state index contributed by atoms with van der Waals surface area (Å²) in [5, 5.41) is 14.6. The molecule has 1 amide bonds. The van der Waals surface area contributed by atoms with E-state index in [-0.39, 0.29) is 28.0 Å². The van der Waals surface area contributed by atoms with Gasteiger partial charge in [0.25, 0.3) is 0 Å². The van der Waals surface area contributed by atoms with E-state index >= 15 is 0 Å². The van der Waals surface area contributed by atoms with Gasteiger partial charge in [-0.2, -0.15) is 23.4 Å². The zero-order valence-electron chi connectivity index (χ0n) is 16.3. The number of rotatable bonds is 7. The zero-order valence-corrected chi connectivity index (χ0v) is 17.1. The van der Waals surface area contributed by atoms with Crippen molar-refractivity contribution in [1.29, 1.82) is 5.26 Å². The van der Waals surface area contributed by atoms with Gasteiger partial charge in [-0.15, -0.1) is 11.8 Å². The van der Waals surface area contributed by atoms with Gasteiger partial charge in [0.05, 0.1) is 5.56 Å². The van der Waals surface area contributed by atoms with Gasteiger partial charge >= 0.3 is 12.1 Å². The van der Waals surface area contributed by atoms with E-state index in [4.69, 9.17) is 10.5 Å². The van der Waals surface area contributed by atoms with E-state index in [1.165, 1.54) is 6.07 Å². The van der Waals surface area contributed by atoms with Crippen molar-refractivity contribution in [3.8, 4) is 6.07 Å². The highest BCUT2D eigenvalue weighted by molar-refractivity contribution is 7.98. The Kier molecular flexibility index (Phi) is 7.65. The average molecular weight is 454 g/mol. The van der Waals surface area contributed by atoms with Crippen LogP contribution in [-0.4, -0.2) is 40.7 Å². The Hall–Kier alpha value is -3.53. The molecule has 1 atom stereocenters. The second-order valence-corrected chi connectivity index (χ2v) is 6.79. The minimum atomic E-state index is -4.59. The van der Waals surface area contributed by atoms with Crippen molar-refractivity contribution in [2.24, 2.45) is 0 Å². The molecule has 1 aromatic carbocycles. The Balaban J connectivity index is 2.33. The number of esters is 1. The second kappa shape index (κ2) is 9.98. The standard InChI is InChI=1S/C18H17F3N6O3S/c1-9(28)30-8-13(25-14-12(7-22)16(31-2)27-17(23)26-14)15(29)24-11-5-3-4-10(6-11)18(19,20)21/h3-6,13H,8H2,1-2H3,(H,24,29)(H3,23,25,26,27). The molecule has 13 heteroatoms. The van der Waals surface area contributed by atoms with Crippen LogP contribution in [0.4, 0.5) is 30.6 Å². The van der Waals surface area contributed by atoms with Crippen molar-refractivity contribution in [2.75, 3.05) is 29.2 Å². The molecule has 1 unspecified atom stereocenters. The predicted octanol–water partition coefficient (Wildman–Crippen LogP) is 2.65. The number of amides is 1. The number of nitrogens with one attached hydrogen (secondary N) is 2. The van der Waals surface area contributed by atoms with E-state index in [2.05, 4.69) is 20.6 Å². The lowest BCUT2D eigenvalue weighted by atomic mass is 10.2. The maximum absolute atomic E-state index is 12.9. The number of ether oxygens (including phenoxy) is 1. The minimum Gasteiger partial charge on any atom is -0.463 e. The summed E-state index contributed by atoms with van der Waals surface area (Å²) >= 11 is 1.12. The molecule has 9 nitrogen and oxygen atoms in total. The fourth-order valence-corrected chi connectivity index (χ4v) is 2.89. The second-order valence-electron chi connectivity index (χ2n) is 5.99. The number of anilines is 3. The van der Waals surface area contributed by atoms with E-state index in [0.717, 1.165) is 36.9 Å². The molecule has 0 saturated carbocycles. The number of thioether (sulfide) groups is 1. The van der Waals surface area contributed by atoms with Crippen LogP contribution in [-0.2, 0) is 20.5 Å². The van der Waals surface area contributed by atoms with Crippen LogP contribution in [0.5, 0.6) is 0 Å². The molecule has 1 heterocycles. The van der Waals surface area contributed by atoms with Crippen LogP contribution in [0.25, 0.3) is 0 Å². The first-order chi connectivity index (χ1) is 14.5. The van der Waals surface area contributed by atoms with E-state index in [1.54, 1.807) is 6.26 Å². The number of carbonyl (C=O) groups is 2. The van der Waals surface area contributed by atoms with Crippen molar-refractivity contribution < 1.29 is 27.5 Å². The number of aromatic nitrogens is 2. The smallest absolute Gasteiger partial charge is 0.416 e. The molecule has 2 rings (SSSR count). The van der Waals surface area contributed by atoms with Crippen LogP contribution in [0.1, 0.15) is 18.1 Å². The van der Waals surface area contributed by atoms with Gasteiger partial charge in [0.15, 0.2) is 5.82 Å². The quantitative estimate of drug-likeness (QED) is 0.327. The number of nitrogen functional groups attached to an aromatic ring is 1. The molecule has 0 spiro atoms. The molecule has 0 aliphatic heterocycles. The third-order valence-electron chi connectivity index (χ3n) is 3.74. The van der Waals surface area contributed by atoms with Crippen molar-refractivity contribution in [1.82, 2.24) is 9.97 Å². The summed E-state index contributed by atoms with van der Waals surface area (Å²) in [6, 6.07) is 4.62. The lowest BCUT2D eigenvalue weighted by Gasteiger charge is -2.20. The molecule has 31 heavy (non-hydrogen) atoms. The topological polar surface area (TPSA) is 143 Å². The number of benzene rings is 1. The zero-order chi connectivity index (χ0) is 23.2. The largest absolute Gasteiger partial charge is 0.463 e. The Morgan fingerprint density at radius 1 is 1.35 bits per heavy atom. The number of hydrogen-bond donors (Lipinski definition) is 3. The minimum absolute atomic E-state index is 0.00129. The van der Waals surface area contributed by atoms with Gasteiger partial charge in [-0.25, -0.2) is 4.98 Å². The first-order valence-corrected chi connectivity index (χ1v) is 9.77. The summed E-state index contributed by atoms with van der Waals surface area (Å²) in [4.78, 5) is 31.8. The Morgan fingerprint density at radius 2 is 2.06 bits per heavy atom. The summed E-state index contributed by atoms with van der Waals surface area (Å²) in [5.41, 5.74) is 4.56. The highest BCUT2D eigenvalue weighted by atomic mass is 32.2. The molecule has 0 aliphatic rings. The van der Waals surface area contributed by atoms with Crippen LogP contribution in [0, 0.1) is 11.3 Å². The third kappa shape index (κ3) is 6.48. The maximum Gasteiger partial charge on any atom is 0.416 e. The normalized spacial score (nSPS) is 11.9. The third-order valence-corrected chi connectivity index (χ3v) is 4.42. The number of hydrogen-bond acceptors (Lipinski definition) is 9. The maximum atomic E-state index is 12.9. The van der Waals surface area contributed by atoms with Gasteiger partial charge < -0.3 is 21.1 Å². The summed E-state index contributed by atoms with van der Waals surface area (Å²) in [6.45, 7) is 0.639. The Bertz CT molecular complexity index is 1030. The Labute approximate surface area is 179 Å². The van der Waals surface area contributed by atoms with Gasteiger partial charge in [-0.1, -0.05) is 6.07 Å². The molecular formula is C18H17F3N6O3S. The lowest BCUT2D eigenvalue weighted by Crippen LogP contribution is -2.39. The van der Waals surface area contributed by atoms with Gasteiger partial charge in [-0.3, -0.25) is 9.59 Å². The SMILES string of the molecule is CSc1nc(N)nc(NC(COC(C)=O)C(=O)Nc2cccc(C(F)(F)F)c2)c1C#N. The van der Waals surface area contributed by atoms with Crippen molar-refractivity contribution in [3.05, 3.63) is 35.4 Å². The Morgan fingerprint density at radius 3 is 2.65 bits per heavy atom. The van der Waals surface area contributed by atoms with Crippen LogP contribution in [0.2, 0.25) is 0 Å². The molecular weight excluding hydrogens is 437 g/mol. The van der Waals surface area contributed by atoms with Crippen molar-refractivity contribution >= 4 is 41.1 Å². The summed E-state index contributed by atoms with van der Waals surface area (Å²) < 4.78 is 43.6. The number of nitriles is 1. The van der Waals surface area contributed by atoms with Gasteiger partial charge in [-0.05, 0) is 24.5 Å². The number of nitrogens with two attached hydrogens (primary N) is 1. The molecule has 0 radical (unpaired) electrons. The molecule has 2 aromatic rings. The van der Waals surface area contributed by atoms with Gasteiger partial charge in [0.2, 0.25) is 11.9 Å². The summed E-state index contributed by atoms with van der Waals surface area (Å²) in [7, 11) is 0. The molecule has 4 N–H and O–H groups in total. The fraction of sp³-hybridized carbons (Fsp3) is 0.278.